The molecule has 0 saturated carbocycles. The van der Waals surface area contributed by atoms with Crippen molar-refractivity contribution >= 4 is 19.6 Å². The van der Waals surface area contributed by atoms with Gasteiger partial charge in [0, 0.05) is 13.8 Å². The number of carbonyl (C=O) groups is 2. The maximum absolute atomic E-state index is 9.98. The van der Waals surface area contributed by atoms with Crippen LogP contribution in [0.5, 0.6) is 0 Å². The van der Waals surface area contributed by atoms with Crippen molar-refractivity contribution in [3.8, 4) is 0 Å². The first kappa shape index (κ1) is 8.00. The standard InChI is InChI=1S/C4H6BO4/c1-3(6)8-5-9-4(2)7/h1-2H3/q-1. The molecule has 0 saturated heterocycles. The summed E-state index contributed by atoms with van der Waals surface area (Å²) < 4.78 is 8.29. The molecule has 0 aromatic heterocycles. The van der Waals surface area contributed by atoms with Crippen molar-refractivity contribution in [1.29, 1.82) is 0 Å². The molecular formula is C4H6BO4-. The zero-order chi connectivity index (χ0) is 7.28. The first-order valence-electron chi connectivity index (χ1n) is 2.29. The highest BCUT2D eigenvalue weighted by atomic mass is 16.6. The largest absolute Gasteiger partial charge is 0.702 e. The molecule has 0 heterocycles. The van der Waals surface area contributed by atoms with Crippen molar-refractivity contribution in [3.05, 3.63) is 0 Å². The van der Waals surface area contributed by atoms with Gasteiger partial charge in [-0.2, -0.15) is 0 Å². The lowest BCUT2D eigenvalue weighted by atomic mass is 10.4. The van der Waals surface area contributed by atoms with Gasteiger partial charge in [-0.25, -0.2) is 0 Å². The molecule has 0 atom stereocenters. The Labute approximate surface area is 53.4 Å². The Hall–Kier alpha value is -0.995. The van der Waals surface area contributed by atoms with Crippen LogP contribution in [-0.2, 0) is 18.9 Å². The van der Waals surface area contributed by atoms with Gasteiger partial charge in [0.1, 0.15) is 7.69 Å². The third-order valence-corrected chi connectivity index (χ3v) is 0.428. The van der Waals surface area contributed by atoms with Gasteiger partial charge in [0.15, 0.2) is 0 Å². The van der Waals surface area contributed by atoms with Crippen LogP contribution in [-0.4, -0.2) is 19.6 Å². The van der Waals surface area contributed by atoms with Crippen LogP contribution in [0.25, 0.3) is 0 Å². The molecule has 50 valence electrons. The van der Waals surface area contributed by atoms with Crippen molar-refractivity contribution in [3.63, 3.8) is 0 Å². The first-order valence-corrected chi connectivity index (χ1v) is 2.29. The fourth-order valence-corrected chi connectivity index (χ4v) is 0.160. The summed E-state index contributed by atoms with van der Waals surface area (Å²) in [5.41, 5.74) is 0. The number of carbonyl (C=O) groups excluding carboxylic acids is 2. The molecule has 9 heavy (non-hydrogen) atoms. The fourth-order valence-electron chi connectivity index (χ4n) is 0.160. The predicted octanol–water partition coefficient (Wildman–Crippen LogP) is -0.353. The summed E-state index contributed by atoms with van der Waals surface area (Å²) in [6, 6.07) is 0. The van der Waals surface area contributed by atoms with Gasteiger partial charge < -0.3 is 9.31 Å². The highest BCUT2D eigenvalue weighted by Crippen LogP contribution is 1.75. The Bertz CT molecular complexity index is 108. The molecule has 4 nitrogen and oxygen atoms in total. The normalized spacial score (nSPS) is 8.22. The minimum Gasteiger partial charge on any atom is -0.702 e. The summed E-state index contributed by atoms with van der Waals surface area (Å²) >= 11 is 0. The van der Waals surface area contributed by atoms with Gasteiger partial charge in [-0.05, 0) is 0 Å². The predicted molar refractivity (Wildman–Crippen MR) is 29.3 cm³/mol. The van der Waals surface area contributed by atoms with Crippen LogP contribution in [0.1, 0.15) is 13.8 Å². The summed E-state index contributed by atoms with van der Waals surface area (Å²) in [4.78, 5) is 20.0. The summed E-state index contributed by atoms with van der Waals surface area (Å²) in [6.45, 7) is 2.42. The van der Waals surface area contributed by atoms with E-state index in [1.54, 1.807) is 0 Å². The Morgan fingerprint density at radius 3 is 1.67 bits per heavy atom. The number of hydrogen-bond acceptors (Lipinski definition) is 4. The molecule has 0 N–H and O–H groups in total. The van der Waals surface area contributed by atoms with Gasteiger partial charge in [0.2, 0.25) is 0 Å². The van der Waals surface area contributed by atoms with E-state index in [4.69, 9.17) is 0 Å². The maximum Gasteiger partial charge on any atom is 0.253 e. The van der Waals surface area contributed by atoms with Crippen molar-refractivity contribution in [2.24, 2.45) is 0 Å². The van der Waals surface area contributed by atoms with Crippen LogP contribution in [0, 0.1) is 0 Å². The molecule has 0 aliphatic heterocycles. The van der Waals surface area contributed by atoms with E-state index in [1.807, 2.05) is 0 Å². The van der Waals surface area contributed by atoms with Crippen LogP contribution < -0.4 is 0 Å². The molecule has 0 fully saturated rings. The Kier molecular flexibility index (Phi) is 3.51. The molecular weight excluding hydrogens is 123 g/mol. The highest BCUT2D eigenvalue weighted by molar-refractivity contribution is 6.25. The van der Waals surface area contributed by atoms with Crippen LogP contribution in [0.15, 0.2) is 0 Å². The van der Waals surface area contributed by atoms with Crippen LogP contribution >= 0.6 is 0 Å². The second kappa shape index (κ2) is 3.94. The molecule has 2 radical (unpaired) electrons. The molecule has 5 heteroatoms. The van der Waals surface area contributed by atoms with Crippen molar-refractivity contribution in [2.45, 2.75) is 13.8 Å². The van der Waals surface area contributed by atoms with Crippen molar-refractivity contribution in [2.75, 3.05) is 0 Å². The molecule has 0 aliphatic rings. The van der Waals surface area contributed by atoms with E-state index in [0.717, 1.165) is 0 Å². The Morgan fingerprint density at radius 1 is 1.11 bits per heavy atom. The number of rotatable bonds is 2. The zero-order valence-corrected chi connectivity index (χ0v) is 5.21. The van der Waals surface area contributed by atoms with Gasteiger partial charge >= 0.3 is 0 Å². The summed E-state index contributed by atoms with van der Waals surface area (Å²) in [6.07, 6.45) is 0. The Morgan fingerprint density at radius 2 is 1.44 bits per heavy atom. The topological polar surface area (TPSA) is 52.6 Å². The quantitative estimate of drug-likeness (QED) is 0.478. The van der Waals surface area contributed by atoms with Gasteiger partial charge in [0.25, 0.3) is 11.9 Å². The van der Waals surface area contributed by atoms with Gasteiger partial charge in [0.05, 0.1) is 0 Å². The summed E-state index contributed by atoms with van der Waals surface area (Å²) in [5.74, 6) is -1.03. The molecule has 0 aliphatic carbocycles. The van der Waals surface area contributed by atoms with E-state index in [0.29, 0.717) is 7.69 Å². The lowest BCUT2D eigenvalue weighted by molar-refractivity contribution is -0.136. The van der Waals surface area contributed by atoms with Crippen LogP contribution in [0.2, 0.25) is 0 Å². The van der Waals surface area contributed by atoms with Gasteiger partial charge in [-0.1, -0.05) is 0 Å². The first-order chi connectivity index (χ1) is 4.13. The minimum atomic E-state index is -0.517. The highest BCUT2D eigenvalue weighted by Gasteiger charge is 1.82. The second-order valence-electron chi connectivity index (χ2n) is 1.32. The van der Waals surface area contributed by atoms with Gasteiger partial charge in [-0.15, -0.1) is 0 Å². The van der Waals surface area contributed by atoms with E-state index in [1.165, 1.54) is 13.8 Å². The second-order valence-corrected chi connectivity index (χ2v) is 1.32. The van der Waals surface area contributed by atoms with E-state index < -0.39 is 11.9 Å². The van der Waals surface area contributed by atoms with E-state index in [2.05, 4.69) is 9.31 Å². The van der Waals surface area contributed by atoms with Crippen molar-refractivity contribution in [1.82, 2.24) is 0 Å². The lowest BCUT2D eigenvalue weighted by Crippen LogP contribution is -2.11. The monoisotopic (exact) mass is 129 g/mol. The molecule has 0 unspecified atom stereocenters. The van der Waals surface area contributed by atoms with E-state index in [9.17, 15) is 9.59 Å². The molecule has 0 bridgehead atoms. The average molecular weight is 129 g/mol. The SMILES string of the molecule is CC(=O)O[B-]OC(C)=O. The van der Waals surface area contributed by atoms with Crippen LogP contribution in [0.4, 0.5) is 0 Å². The molecule has 0 rings (SSSR count). The summed E-state index contributed by atoms with van der Waals surface area (Å²) in [5, 5.41) is 0. The zero-order valence-electron chi connectivity index (χ0n) is 5.21. The average Bonchev–Trinajstić information content (AvgIpc) is 1.63. The molecule has 0 aromatic rings. The Balaban J connectivity index is 3.10. The van der Waals surface area contributed by atoms with Crippen molar-refractivity contribution < 1.29 is 18.9 Å². The third kappa shape index (κ3) is 7.00. The molecule has 0 spiro atoms. The minimum absolute atomic E-state index is 0.517. The summed E-state index contributed by atoms with van der Waals surface area (Å²) in [7, 11) is 0.699. The fraction of sp³-hybridized carbons (Fsp3) is 0.500. The smallest absolute Gasteiger partial charge is 0.253 e. The number of hydrogen-bond donors (Lipinski definition) is 0. The van der Waals surface area contributed by atoms with E-state index in [-0.39, 0.29) is 0 Å². The maximum atomic E-state index is 9.98. The van der Waals surface area contributed by atoms with E-state index >= 15 is 0 Å². The lowest BCUT2D eigenvalue weighted by Gasteiger charge is -2.16. The van der Waals surface area contributed by atoms with Gasteiger partial charge in [-0.3, -0.25) is 9.59 Å². The molecule has 0 aromatic carbocycles. The molecule has 0 amide bonds. The third-order valence-electron chi connectivity index (χ3n) is 0.428. The van der Waals surface area contributed by atoms with Crippen LogP contribution in [0.3, 0.4) is 0 Å².